The van der Waals surface area contributed by atoms with Crippen LogP contribution in [0.25, 0.3) is 0 Å². The fraction of sp³-hybridized carbons (Fsp3) is 0.167. The average Bonchev–Trinajstić information content (AvgIpc) is 2.93. The lowest BCUT2D eigenvalue weighted by Crippen LogP contribution is -2.32. The van der Waals surface area contributed by atoms with Crippen molar-refractivity contribution in [2.75, 3.05) is 11.9 Å². The third-order valence-corrected chi connectivity index (χ3v) is 2.64. The van der Waals surface area contributed by atoms with Gasteiger partial charge in [0.25, 0.3) is 0 Å². The van der Waals surface area contributed by atoms with Gasteiger partial charge in [0.05, 0.1) is 18.5 Å². The van der Waals surface area contributed by atoms with Crippen LogP contribution in [-0.4, -0.2) is 22.7 Å². The van der Waals surface area contributed by atoms with Gasteiger partial charge in [0.15, 0.2) is 5.15 Å². The van der Waals surface area contributed by atoms with Crippen LogP contribution in [0.5, 0.6) is 0 Å². The summed E-state index contributed by atoms with van der Waals surface area (Å²) in [6, 6.07) is 6.08. The number of aliphatic hydroxyl groups is 1. The zero-order chi connectivity index (χ0) is 13.7. The SMILES string of the molecule is O=C(NCC(O)c1ccco1)Nc1cccnc1Cl. The standard InChI is InChI=1S/C12H12ClN3O3/c13-11-8(3-1-5-14-11)16-12(18)15-7-9(17)10-4-2-6-19-10/h1-6,9,17H,7H2,(H2,15,16,18). The molecule has 7 heteroatoms. The molecule has 0 aliphatic heterocycles. The fourth-order valence-corrected chi connectivity index (χ4v) is 1.58. The molecular formula is C12H12ClN3O3. The van der Waals surface area contributed by atoms with Gasteiger partial charge in [-0.05, 0) is 24.3 Å². The van der Waals surface area contributed by atoms with E-state index in [4.69, 9.17) is 16.0 Å². The molecule has 2 aromatic heterocycles. The Kier molecular flexibility index (Phi) is 4.38. The Morgan fingerprint density at radius 2 is 2.32 bits per heavy atom. The van der Waals surface area contributed by atoms with Crippen LogP contribution >= 0.6 is 11.6 Å². The smallest absolute Gasteiger partial charge is 0.319 e. The predicted molar refractivity (Wildman–Crippen MR) is 69.9 cm³/mol. The summed E-state index contributed by atoms with van der Waals surface area (Å²) in [4.78, 5) is 15.4. The van der Waals surface area contributed by atoms with Gasteiger partial charge in [-0.25, -0.2) is 9.78 Å². The van der Waals surface area contributed by atoms with E-state index in [-0.39, 0.29) is 11.7 Å². The van der Waals surface area contributed by atoms with Crippen LogP contribution in [0.1, 0.15) is 11.9 Å². The molecule has 0 spiro atoms. The van der Waals surface area contributed by atoms with Crippen LogP contribution in [0.15, 0.2) is 41.1 Å². The molecule has 0 bridgehead atoms. The van der Waals surface area contributed by atoms with Gasteiger partial charge in [0.2, 0.25) is 0 Å². The van der Waals surface area contributed by atoms with Crippen molar-refractivity contribution in [1.29, 1.82) is 0 Å². The number of nitrogens with zero attached hydrogens (tertiary/aromatic N) is 1. The summed E-state index contributed by atoms with van der Waals surface area (Å²) in [5, 5.41) is 14.9. The van der Waals surface area contributed by atoms with Crippen molar-refractivity contribution >= 4 is 23.3 Å². The zero-order valence-corrected chi connectivity index (χ0v) is 10.6. The molecule has 3 N–H and O–H groups in total. The summed E-state index contributed by atoms with van der Waals surface area (Å²) in [6.07, 6.45) is 2.07. The van der Waals surface area contributed by atoms with Gasteiger partial charge in [-0.2, -0.15) is 0 Å². The van der Waals surface area contributed by atoms with Crippen LogP contribution in [0.3, 0.4) is 0 Å². The Balaban J connectivity index is 1.84. The summed E-state index contributed by atoms with van der Waals surface area (Å²) in [5.41, 5.74) is 0.397. The lowest BCUT2D eigenvalue weighted by Gasteiger charge is -2.11. The first-order valence-corrected chi connectivity index (χ1v) is 5.91. The van der Waals surface area contributed by atoms with E-state index in [1.807, 2.05) is 0 Å². The minimum absolute atomic E-state index is 0.0250. The van der Waals surface area contributed by atoms with Crippen molar-refractivity contribution in [2.24, 2.45) is 0 Å². The third kappa shape index (κ3) is 3.70. The molecule has 0 aliphatic carbocycles. The molecule has 1 atom stereocenters. The second kappa shape index (κ2) is 6.21. The molecule has 0 aromatic carbocycles. The van der Waals surface area contributed by atoms with E-state index in [2.05, 4.69) is 15.6 Å². The Hall–Kier alpha value is -2.05. The number of carbonyl (C=O) groups is 1. The van der Waals surface area contributed by atoms with Gasteiger partial charge in [0.1, 0.15) is 11.9 Å². The molecule has 2 heterocycles. The molecule has 2 amide bonds. The number of carbonyl (C=O) groups excluding carboxylic acids is 1. The van der Waals surface area contributed by atoms with Crippen LogP contribution in [-0.2, 0) is 0 Å². The number of rotatable bonds is 4. The minimum Gasteiger partial charge on any atom is -0.467 e. The number of aromatic nitrogens is 1. The molecule has 2 aromatic rings. The van der Waals surface area contributed by atoms with Crippen LogP contribution in [0, 0.1) is 0 Å². The number of nitrogens with one attached hydrogen (secondary N) is 2. The molecule has 0 radical (unpaired) electrons. The predicted octanol–water partition coefficient (Wildman–Crippen LogP) is 2.18. The lowest BCUT2D eigenvalue weighted by atomic mass is 10.3. The molecule has 0 fully saturated rings. The van der Waals surface area contributed by atoms with Gasteiger partial charge in [0, 0.05) is 6.20 Å². The molecule has 0 saturated heterocycles. The van der Waals surface area contributed by atoms with Crippen molar-refractivity contribution in [3.05, 3.63) is 47.6 Å². The first kappa shape index (κ1) is 13.4. The fourth-order valence-electron chi connectivity index (χ4n) is 1.42. The van der Waals surface area contributed by atoms with Gasteiger partial charge in [-0.3, -0.25) is 0 Å². The van der Waals surface area contributed by atoms with E-state index in [1.165, 1.54) is 12.5 Å². The maximum atomic E-state index is 11.6. The van der Waals surface area contributed by atoms with E-state index < -0.39 is 12.1 Å². The highest BCUT2D eigenvalue weighted by Crippen LogP contribution is 2.17. The highest BCUT2D eigenvalue weighted by Gasteiger charge is 2.12. The molecular weight excluding hydrogens is 270 g/mol. The molecule has 1 unspecified atom stereocenters. The van der Waals surface area contributed by atoms with Gasteiger partial charge in [-0.15, -0.1) is 0 Å². The molecule has 0 saturated carbocycles. The number of halogens is 1. The Bertz CT molecular complexity index is 545. The molecule has 0 aliphatic rings. The number of amides is 2. The summed E-state index contributed by atoms with van der Waals surface area (Å²) in [6.45, 7) is 0.0250. The van der Waals surface area contributed by atoms with Crippen molar-refractivity contribution in [3.8, 4) is 0 Å². The van der Waals surface area contributed by atoms with Gasteiger partial charge < -0.3 is 20.2 Å². The molecule has 19 heavy (non-hydrogen) atoms. The number of hydrogen-bond donors (Lipinski definition) is 3. The quantitative estimate of drug-likeness (QED) is 0.750. The average molecular weight is 282 g/mol. The third-order valence-electron chi connectivity index (χ3n) is 2.33. The van der Waals surface area contributed by atoms with Gasteiger partial charge in [-0.1, -0.05) is 11.6 Å². The minimum atomic E-state index is -0.898. The van der Waals surface area contributed by atoms with Crippen molar-refractivity contribution < 1.29 is 14.3 Å². The summed E-state index contributed by atoms with van der Waals surface area (Å²) in [7, 11) is 0. The topological polar surface area (TPSA) is 87.4 Å². The van der Waals surface area contributed by atoms with E-state index in [0.717, 1.165) is 0 Å². The number of pyridine rings is 1. The number of urea groups is 1. The molecule has 2 rings (SSSR count). The van der Waals surface area contributed by atoms with Crippen LogP contribution in [0.4, 0.5) is 10.5 Å². The second-order valence-corrected chi connectivity index (χ2v) is 4.07. The molecule has 100 valence electrons. The van der Waals surface area contributed by atoms with E-state index in [9.17, 15) is 9.90 Å². The Morgan fingerprint density at radius 3 is 3.00 bits per heavy atom. The molecule has 6 nitrogen and oxygen atoms in total. The van der Waals surface area contributed by atoms with Crippen molar-refractivity contribution in [1.82, 2.24) is 10.3 Å². The van der Waals surface area contributed by atoms with Gasteiger partial charge >= 0.3 is 6.03 Å². The number of aliphatic hydroxyl groups excluding tert-OH is 1. The maximum absolute atomic E-state index is 11.6. The maximum Gasteiger partial charge on any atom is 0.319 e. The van der Waals surface area contributed by atoms with E-state index in [1.54, 1.807) is 24.3 Å². The highest BCUT2D eigenvalue weighted by atomic mass is 35.5. The monoisotopic (exact) mass is 281 g/mol. The van der Waals surface area contributed by atoms with Crippen LogP contribution in [0.2, 0.25) is 5.15 Å². The first-order chi connectivity index (χ1) is 9.16. The normalized spacial score (nSPS) is 11.9. The number of anilines is 1. The number of furan rings is 1. The summed E-state index contributed by atoms with van der Waals surface area (Å²) < 4.78 is 5.01. The second-order valence-electron chi connectivity index (χ2n) is 3.71. The first-order valence-electron chi connectivity index (χ1n) is 5.53. The van der Waals surface area contributed by atoms with Crippen molar-refractivity contribution in [3.63, 3.8) is 0 Å². The largest absolute Gasteiger partial charge is 0.467 e. The van der Waals surface area contributed by atoms with E-state index >= 15 is 0 Å². The number of hydrogen-bond acceptors (Lipinski definition) is 4. The lowest BCUT2D eigenvalue weighted by molar-refractivity contribution is 0.149. The summed E-state index contributed by atoms with van der Waals surface area (Å²) >= 11 is 5.79. The van der Waals surface area contributed by atoms with E-state index in [0.29, 0.717) is 11.4 Å². The highest BCUT2D eigenvalue weighted by molar-refractivity contribution is 6.32. The van der Waals surface area contributed by atoms with Crippen LogP contribution < -0.4 is 10.6 Å². The Labute approximate surface area is 114 Å². The summed E-state index contributed by atoms with van der Waals surface area (Å²) in [5.74, 6) is 0.389. The Morgan fingerprint density at radius 1 is 1.47 bits per heavy atom. The van der Waals surface area contributed by atoms with Crippen molar-refractivity contribution in [2.45, 2.75) is 6.10 Å². The zero-order valence-electron chi connectivity index (χ0n) is 9.84.